The zero-order valence-corrected chi connectivity index (χ0v) is 18.8. The zero-order valence-electron chi connectivity index (χ0n) is 18.0. The van der Waals surface area contributed by atoms with Gasteiger partial charge in [0.15, 0.2) is 6.17 Å². The molecule has 0 aliphatic carbocycles. The number of aromatic nitrogens is 2. The first-order valence-electron chi connectivity index (χ1n) is 10.5. The van der Waals surface area contributed by atoms with Crippen LogP contribution in [0.3, 0.4) is 0 Å². The Morgan fingerprint density at radius 2 is 1.59 bits per heavy atom. The smallest absolute Gasteiger partial charge is 0.349 e. The highest BCUT2D eigenvalue weighted by Crippen LogP contribution is 2.39. The Morgan fingerprint density at radius 3 is 2.21 bits per heavy atom. The number of alkyl halides is 1. The molecule has 1 aliphatic heterocycles. The molecule has 10 heteroatoms. The normalized spacial score (nSPS) is 21.7. The molecule has 0 spiro atoms. The van der Waals surface area contributed by atoms with E-state index in [0.717, 1.165) is 11.8 Å². The van der Waals surface area contributed by atoms with Crippen LogP contribution < -0.4 is 11.4 Å². The van der Waals surface area contributed by atoms with Crippen molar-refractivity contribution in [3.63, 3.8) is 0 Å². The molecule has 2 heterocycles. The SMILES string of the molecule is Nc1ccn(C[C@@H]2S[C@H](COC(=O)c3ccccc3)[C@@H](OC(=O)c3ccccc3)[C@@H]2F)c(=O)n1. The number of halogens is 1. The summed E-state index contributed by atoms with van der Waals surface area (Å²) < 4.78 is 27.7. The van der Waals surface area contributed by atoms with Gasteiger partial charge in [0, 0.05) is 12.7 Å². The minimum Gasteiger partial charge on any atom is -0.461 e. The van der Waals surface area contributed by atoms with Gasteiger partial charge in [0.25, 0.3) is 0 Å². The lowest BCUT2D eigenvalue weighted by Crippen LogP contribution is -2.38. The summed E-state index contributed by atoms with van der Waals surface area (Å²) in [4.78, 5) is 40.8. The van der Waals surface area contributed by atoms with Crippen LogP contribution in [-0.2, 0) is 16.0 Å². The van der Waals surface area contributed by atoms with Crippen molar-refractivity contribution in [2.24, 2.45) is 0 Å². The maximum atomic E-state index is 15.5. The second-order valence-electron chi connectivity index (χ2n) is 7.65. The van der Waals surface area contributed by atoms with Crippen LogP contribution in [0.4, 0.5) is 10.2 Å². The molecule has 1 aliphatic rings. The van der Waals surface area contributed by atoms with E-state index in [2.05, 4.69) is 4.98 Å². The number of hydrogen-bond acceptors (Lipinski definition) is 8. The molecule has 3 aromatic rings. The van der Waals surface area contributed by atoms with Crippen LogP contribution in [-0.4, -0.2) is 50.9 Å². The highest BCUT2D eigenvalue weighted by atomic mass is 32.2. The largest absolute Gasteiger partial charge is 0.461 e. The fraction of sp³-hybridized carbons (Fsp3) is 0.250. The van der Waals surface area contributed by atoms with Crippen LogP contribution in [0.1, 0.15) is 20.7 Å². The van der Waals surface area contributed by atoms with Crippen LogP contribution in [0.25, 0.3) is 0 Å². The third-order valence-electron chi connectivity index (χ3n) is 5.30. The standard InChI is InChI=1S/C24H22FN3O5S/c25-20-17(13-28-12-11-19(26)27-24(28)31)34-18(14-32-22(29)15-7-3-1-4-8-15)21(20)33-23(30)16-9-5-2-6-10-16/h1-12,17-18,20-21H,13-14H2,(H2,26,27,31)/t17-,18+,20+,21+/m0/s1. The van der Waals surface area contributed by atoms with Gasteiger partial charge in [-0.2, -0.15) is 4.98 Å². The Labute approximate surface area is 198 Å². The summed E-state index contributed by atoms with van der Waals surface area (Å²) in [5.74, 6) is -1.18. The molecule has 4 atom stereocenters. The number of nitrogens with two attached hydrogens (primary N) is 1. The number of nitrogens with zero attached hydrogens (tertiary/aromatic N) is 2. The number of carbonyl (C=O) groups excluding carboxylic acids is 2. The minimum atomic E-state index is -1.61. The van der Waals surface area contributed by atoms with Gasteiger partial charge in [-0.25, -0.2) is 18.8 Å². The molecule has 34 heavy (non-hydrogen) atoms. The Hall–Kier alpha value is -3.66. The molecule has 8 nitrogen and oxygen atoms in total. The molecular formula is C24H22FN3O5S. The predicted molar refractivity (Wildman–Crippen MR) is 125 cm³/mol. The van der Waals surface area contributed by atoms with E-state index in [0.29, 0.717) is 5.56 Å². The van der Waals surface area contributed by atoms with Crippen molar-refractivity contribution in [2.45, 2.75) is 29.3 Å². The number of carbonyl (C=O) groups is 2. The number of esters is 2. The second-order valence-corrected chi connectivity index (χ2v) is 9.13. The lowest BCUT2D eigenvalue weighted by molar-refractivity contribution is 0.000959. The van der Waals surface area contributed by atoms with Gasteiger partial charge in [0.1, 0.15) is 18.5 Å². The molecule has 1 fully saturated rings. The van der Waals surface area contributed by atoms with Crippen LogP contribution in [0, 0.1) is 0 Å². The summed E-state index contributed by atoms with van der Waals surface area (Å²) in [5.41, 5.74) is 5.55. The number of ether oxygens (including phenoxy) is 2. The van der Waals surface area contributed by atoms with Crippen molar-refractivity contribution in [2.75, 3.05) is 12.3 Å². The number of nitrogen functional groups attached to an aromatic ring is 1. The Bertz CT molecular complexity index is 1210. The van der Waals surface area contributed by atoms with Crippen molar-refractivity contribution < 1.29 is 23.5 Å². The fourth-order valence-corrected chi connectivity index (χ4v) is 5.08. The molecule has 4 rings (SSSR count). The van der Waals surface area contributed by atoms with Crippen molar-refractivity contribution in [3.8, 4) is 0 Å². The molecule has 0 amide bonds. The quantitative estimate of drug-likeness (QED) is 0.511. The molecule has 2 aromatic carbocycles. The fourth-order valence-electron chi connectivity index (χ4n) is 3.57. The zero-order chi connectivity index (χ0) is 24.1. The summed E-state index contributed by atoms with van der Waals surface area (Å²) in [6.45, 7) is -0.183. The molecule has 0 saturated carbocycles. The maximum Gasteiger partial charge on any atom is 0.349 e. The third-order valence-corrected chi connectivity index (χ3v) is 6.81. The molecule has 0 bridgehead atoms. The van der Waals surface area contributed by atoms with E-state index in [9.17, 15) is 14.4 Å². The van der Waals surface area contributed by atoms with Crippen LogP contribution >= 0.6 is 11.8 Å². The lowest BCUT2D eigenvalue weighted by atomic mass is 10.1. The summed E-state index contributed by atoms with van der Waals surface area (Å²) in [5, 5.41) is -1.41. The molecule has 0 unspecified atom stereocenters. The number of rotatable bonds is 7. The molecule has 1 aromatic heterocycles. The first-order valence-corrected chi connectivity index (χ1v) is 11.5. The Balaban J connectivity index is 1.51. The first-order chi connectivity index (χ1) is 16.4. The van der Waals surface area contributed by atoms with Gasteiger partial charge in [0.05, 0.1) is 21.6 Å². The van der Waals surface area contributed by atoms with Gasteiger partial charge in [-0.1, -0.05) is 36.4 Å². The van der Waals surface area contributed by atoms with Gasteiger partial charge in [-0.15, -0.1) is 11.8 Å². The first kappa shape index (κ1) is 23.5. The van der Waals surface area contributed by atoms with E-state index in [1.165, 1.54) is 16.8 Å². The maximum absolute atomic E-state index is 15.5. The van der Waals surface area contributed by atoms with Gasteiger partial charge < -0.3 is 15.2 Å². The van der Waals surface area contributed by atoms with Gasteiger partial charge in [-0.05, 0) is 30.3 Å². The monoisotopic (exact) mass is 483 g/mol. The van der Waals surface area contributed by atoms with E-state index in [1.807, 2.05) is 0 Å². The second kappa shape index (κ2) is 10.5. The topological polar surface area (TPSA) is 114 Å². The van der Waals surface area contributed by atoms with Gasteiger partial charge >= 0.3 is 17.6 Å². The number of benzene rings is 2. The van der Waals surface area contributed by atoms with Crippen molar-refractivity contribution >= 4 is 29.5 Å². The van der Waals surface area contributed by atoms with Gasteiger partial charge in [-0.3, -0.25) is 4.57 Å². The number of anilines is 1. The van der Waals surface area contributed by atoms with E-state index in [1.54, 1.807) is 60.7 Å². The average molecular weight is 484 g/mol. The van der Waals surface area contributed by atoms with Gasteiger partial charge in [0.2, 0.25) is 0 Å². The Kier molecular flexibility index (Phi) is 7.27. The molecule has 0 radical (unpaired) electrons. The van der Waals surface area contributed by atoms with E-state index in [-0.39, 0.29) is 24.5 Å². The summed E-state index contributed by atoms with van der Waals surface area (Å²) >= 11 is 1.16. The summed E-state index contributed by atoms with van der Waals surface area (Å²) in [6, 6.07) is 18.1. The van der Waals surface area contributed by atoms with E-state index in [4.69, 9.17) is 15.2 Å². The molecule has 176 valence electrons. The summed E-state index contributed by atoms with van der Waals surface area (Å²) in [7, 11) is 0. The molecule has 1 saturated heterocycles. The summed E-state index contributed by atoms with van der Waals surface area (Å²) in [6.07, 6.45) is -1.35. The van der Waals surface area contributed by atoms with Crippen molar-refractivity contribution in [3.05, 3.63) is 94.5 Å². The third kappa shape index (κ3) is 5.45. The van der Waals surface area contributed by atoms with Crippen molar-refractivity contribution in [1.29, 1.82) is 0 Å². The van der Waals surface area contributed by atoms with Crippen LogP contribution in [0.5, 0.6) is 0 Å². The molecular weight excluding hydrogens is 461 g/mol. The predicted octanol–water partition coefficient (Wildman–Crippen LogP) is 2.73. The van der Waals surface area contributed by atoms with Crippen molar-refractivity contribution in [1.82, 2.24) is 9.55 Å². The molecule has 2 N–H and O–H groups in total. The average Bonchev–Trinajstić information content (AvgIpc) is 3.14. The lowest BCUT2D eigenvalue weighted by Gasteiger charge is -2.21. The number of thioether (sulfide) groups is 1. The van der Waals surface area contributed by atoms with E-state index >= 15 is 4.39 Å². The highest BCUT2D eigenvalue weighted by Gasteiger charge is 2.48. The van der Waals surface area contributed by atoms with Crippen LogP contribution in [0.2, 0.25) is 0 Å². The van der Waals surface area contributed by atoms with E-state index < -0.39 is 40.4 Å². The minimum absolute atomic E-state index is 0.0134. The number of hydrogen-bond donors (Lipinski definition) is 1. The van der Waals surface area contributed by atoms with Crippen LogP contribution in [0.15, 0.2) is 77.7 Å². The Morgan fingerprint density at radius 1 is 0.971 bits per heavy atom. The highest BCUT2D eigenvalue weighted by molar-refractivity contribution is 8.00.